The van der Waals surface area contributed by atoms with Crippen LogP contribution >= 0.6 is 11.3 Å². The highest BCUT2D eigenvalue weighted by atomic mass is 32.1. The minimum absolute atomic E-state index is 0.202. The van der Waals surface area contributed by atoms with E-state index in [1.807, 2.05) is 30.3 Å². The summed E-state index contributed by atoms with van der Waals surface area (Å²) in [7, 11) is 1.99. The Morgan fingerprint density at radius 3 is 2.62 bits per heavy atom. The highest BCUT2D eigenvalue weighted by Gasteiger charge is 2.32. The van der Waals surface area contributed by atoms with Crippen molar-refractivity contribution >= 4 is 23.1 Å². The molecule has 1 atom stereocenters. The second-order valence-electron chi connectivity index (χ2n) is 9.69. The van der Waals surface area contributed by atoms with Crippen molar-refractivity contribution in [2.24, 2.45) is 11.3 Å². The largest absolute Gasteiger partial charge is 0.356 e. The number of aryl methyl sites for hydroxylation is 1. The molecule has 0 spiro atoms. The van der Waals surface area contributed by atoms with Gasteiger partial charge in [-0.2, -0.15) is 0 Å². The second-order valence-corrected chi connectivity index (χ2v) is 10.8. The standard InChI is InChI=1S/C24H33N3OS/c1-24(2,3)18-8-9-20-17(15-18)16-21(29-20)23(28)26(4)19-10-13-27(14-11-19)22-7-5-6-12-25-22/h5-7,12,16,18-19H,8-11,13-15H2,1-4H3. The number of carbonyl (C=O) groups is 1. The van der Waals surface area contributed by atoms with Gasteiger partial charge in [0.2, 0.25) is 0 Å². The third-order valence-corrected chi connectivity index (χ3v) is 8.05. The summed E-state index contributed by atoms with van der Waals surface area (Å²) in [6.07, 6.45) is 7.33. The first-order chi connectivity index (χ1) is 13.8. The molecule has 1 amide bonds. The zero-order valence-corrected chi connectivity index (χ0v) is 19.0. The molecule has 1 fully saturated rings. The van der Waals surface area contributed by atoms with E-state index in [9.17, 15) is 4.79 Å². The summed E-state index contributed by atoms with van der Waals surface area (Å²) in [5.41, 5.74) is 1.75. The lowest BCUT2D eigenvalue weighted by Crippen LogP contribution is -2.45. The summed E-state index contributed by atoms with van der Waals surface area (Å²) in [5, 5.41) is 0. The van der Waals surface area contributed by atoms with Gasteiger partial charge in [0, 0.05) is 37.3 Å². The Kier molecular flexibility index (Phi) is 5.69. The van der Waals surface area contributed by atoms with Crippen molar-refractivity contribution in [3.05, 3.63) is 45.8 Å². The van der Waals surface area contributed by atoms with Crippen LogP contribution in [0.3, 0.4) is 0 Å². The summed E-state index contributed by atoms with van der Waals surface area (Å²) in [5.74, 6) is 1.95. The first-order valence-corrected chi connectivity index (χ1v) is 11.7. The van der Waals surface area contributed by atoms with Gasteiger partial charge in [0.05, 0.1) is 4.88 Å². The Hall–Kier alpha value is -1.88. The fourth-order valence-corrected chi connectivity index (χ4v) is 5.92. The lowest BCUT2D eigenvalue weighted by atomic mass is 9.72. The molecule has 0 N–H and O–H groups in total. The fourth-order valence-electron chi connectivity index (χ4n) is 4.73. The van der Waals surface area contributed by atoms with Gasteiger partial charge < -0.3 is 9.80 Å². The lowest BCUT2D eigenvalue weighted by molar-refractivity contribution is 0.0714. The topological polar surface area (TPSA) is 36.4 Å². The average molecular weight is 412 g/mol. The molecule has 2 aliphatic rings. The van der Waals surface area contributed by atoms with Crippen LogP contribution < -0.4 is 4.90 Å². The van der Waals surface area contributed by atoms with Crippen molar-refractivity contribution in [2.45, 2.75) is 58.9 Å². The molecule has 1 aliphatic carbocycles. The number of rotatable bonds is 3. The molecule has 3 heterocycles. The zero-order valence-electron chi connectivity index (χ0n) is 18.1. The summed E-state index contributed by atoms with van der Waals surface area (Å²) in [6, 6.07) is 8.56. The summed E-state index contributed by atoms with van der Waals surface area (Å²) in [6.45, 7) is 8.92. The van der Waals surface area contributed by atoms with Crippen molar-refractivity contribution in [1.29, 1.82) is 0 Å². The van der Waals surface area contributed by atoms with Crippen molar-refractivity contribution in [3.8, 4) is 0 Å². The van der Waals surface area contributed by atoms with Gasteiger partial charge in [-0.15, -0.1) is 11.3 Å². The summed E-state index contributed by atoms with van der Waals surface area (Å²) < 4.78 is 0. The highest BCUT2D eigenvalue weighted by Crippen LogP contribution is 2.40. The smallest absolute Gasteiger partial charge is 0.263 e. The maximum absolute atomic E-state index is 13.2. The van der Waals surface area contributed by atoms with E-state index >= 15 is 0 Å². The van der Waals surface area contributed by atoms with Gasteiger partial charge in [-0.05, 0) is 67.2 Å². The molecule has 1 aliphatic heterocycles. The van der Waals surface area contributed by atoms with Crippen molar-refractivity contribution in [3.63, 3.8) is 0 Å². The van der Waals surface area contributed by atoms with E-state index in [2.05, 4.69) is 42.8 Å². The molecular formula is C24H33N3OS. The van der Waals surface area contributed by atoms with Gasteiger partial charge in [0.1, 0.15) is 5.82 Å². The number of anilines is 1. The van der Waals surface area contributed by atoms with Crippen LogP contribution in [0, 0.1) is 11.3 Å². The van der Waals surface area contributed by atoms with Crippen LogP contribution in [0.4, 0.5) is 5.82 Å². The van der Waals surface area contributed by atoms with Crippen molar-refractivity contribution in [2.75, 3.05) is 25.0 Å². The number of fused-ring (bicyclic) bond motifs is 1. The minimum Gasteiger partial charge on any atom is -0.356 e. The SMILES string of the molecule is CN(C(=O)c1cc2c(s1)CCC(C(C)(C)C)C2)C1CCN(c2ccccn2)CC1. The highest BCUT2D eigenvalue weighted by molar-refractivity contribution is 7.14. The number of piperidine rings is 1. The van der Waals surface area contributed by atoms with Crippen molar-refractivity contribution in [1.82, 2.24) is 9.88 Å². The Morgan fingerprint density at radius 1 is 1.21 bits per heavy atom. The zero-order chi connectivity index (χ0) is 20.6. The molecule has 0 radical (unpaired) electrons. The van der Waals surface area contributed by atoms with Crippen LogP contribution in [0.1, 0.15) is 60.1 Å². The normalized spacial score (nSPS) is 20.4. The second kappa shape index (κ2) is 8.10. The van der Waals surface area contributed by atoms with E-state index in [-0.39, 0.29) is 5.91 Å². The number of pyridine rings is 1. The number of thiophene rings is 1. The minimum atomic E-state index is 0.202. The van der Waals surface area contributed by atoms with E-state index in [1.54, 1.807) is 11.3 Å². The van der Waals surface area contributed by atoms with Crippen LogP contribution in [-0.4, -0.2) is 42.0 Å². The van der Waals surface area contributed by atoms with Gasteiger partial charge in [-0.1, -0.05) is 26.8 Å². The van der Waals surface area contributed by atoms with Crippen LogP contribution in [0.5, 0.6) is 0 Å². The number of carbonyl (C=O) groups excluding carboxylic acids is 1. The van der Waals surface area contributed by atoms with Crippen molar-refractivity contribution < 1.29 is 4.79 Å². The Balaban J connectivity index is 1.39. The van der Waals surface area contributed by atoms with E-state index in [0.717, 1.165) is 49.5 Å². The Labute approximate surface area is 178 Å². The van der Waals surface area contributed by atoms with Gasteiger partial charge in [0.25, 0.3) is 5.91 Å². The quantitative estimate of drug-likeness (QED) is 0.710. The van der Waals surface area contributed by atoms with E-state index in [4.69, 9.17) is 0 Å². The number of amides is 1. The lowest BCUT2D eigenvalue weighted by Gasteiger charge is -2.37. The van der Waals surface area contributed by atoms with Gasteiger partial charge in [0.15, 0.2) is 0 Å². The molecule has 0 bridgehead atoms. The number of nitrogens with zero attached hydrogens (tertiary/aromatic N) is 3. The Morgan fingerprint density at radius 2 is 1.97 bits per heavy atom. The molecule has 5 heteroatoms. The molecule has 29 heavy (non-hydrogen) atoms. The number of hydrogen-bond acceptors (Lipinski definition) is 4. The molecule has 1 unspecified atom stereocenters. The third kappa shape index (κ3) is 4.35. The van der Waals surface area contributed by atoms with Crippen LogP contribution in [0.2, 0.25) is 0 Å². The average Bonchev–Trinajstić information content (AvgIpc) is 3.16. The van der Waals surface area contributed by atoms with Crippen LogP contribution in [0.25, 0.3) is 0 Å². The molecule has 4 nitrogen and oxygen atoms in total. The van der Waals surface area contributed by atoms with Gasteiger partial charge in [-0.3, -0.25) is 4.79 Å². The molecule has 156 valence electrons. The Bertz CT molecular complexity index is 847. The number of hydrogen-bond donors (Lipinski definition) is 0. The predicted octanol–water partition coefficient (Wildman–Crippen LogP) is 5.04. The molecule has 0 saturated carbocycles. The monoisotopic (exact) mass is 411 g/mol. The summed E-state index contributed by atoms with van der Waals surface area (Å²) >= 11 is 1.73. The predicted molar refractivity (Wildman–Crippen MR) is 121 cm³/mol. The number of aromatic nitrogens is 1. The molecule has 2 aromatic rings. The van der Waals surface area contributed by atoms with E-state index < -0.39 is 0 Å². The molecule has 1 saturated heterocycles. The molecule has 2 aromatic heterocycles. The maximum atomic E-state index is 13.2. The fraction of sp³-hybridized carbons (Fsp3) is 0.583. The van der Waals surface area contributed by atoms with Crippen LogP contribution in [0.15, 0.2) is 30.5 Å². The first kappa shape index (κ1) is 20.4. The van der Waals surface area contributed by atoms with Gasteiger partial charge >= 0.3 is 0 Å². The molecular weight excluding hydrogens is 378 g/mol. The third-order valence-electron chi connectivity index (χ3n) is 6.82. The van der Waals surface area contributed by atoms with E-state index in [0.29, 0.717) is 17.4 Å². The summed E-state index contributed by atoms with van der Waals surface area (Å²) in [4.78, 5) is 24.4. The first-order valence-electron chi connectivity index (χ1n) is 10.9. The molecule has 0 aromatic carbocycles. The maximum Gasteiger partial charge on any atom is 0.263 e. The van der Waals surface area contributed by atoms with Crippen LogP contribution in [-0.2, 0) is 12.8 Å². The van der Waals surface area contributed by atoms with Gasteiger partial charge in [-0.25, -0.2) is 4.98 Å². The molecule has 4 rings (SSSR count). The van der Waals surface area contributed by atoms with E-state index in [1.165, 1.54) is 16.9 Å².